The van der Waals surface area contributed by atoms with Gasteiger partial charge in [-0.3, -0.25) is 20.2 Å². The van der Waals surface area contributed by atoms with Crippen LogP contribution in [0.2, 0.25) is 0 Å². The number of hydrogen-bond donors (Lipinski definition) is 2. The third kappa shape index (κ3) is 2.61. The Morgan fingerprint density at radius 1 is 1.23 bits per heavy atom. The van der Waals surface area contributed by atoms with E-state index in [4.69, 9.17) is 4.74 Å². The summed E-state index contributed by atoms with van der Waals surface area (Å²) in [6.07, 6.45) is -1.38. The average Bonchev–Trinajstić information content (AvgIpc) is 2.67. The van der Waals surface area contributed by atoms with Gasteiger partial charge in [0.1, 0.15) is 6.07 Å². The molecule has 30 heavy (non-hydrogen) atoms. The van der Waals surface area contributed by atoms with Crippen LogP contribution >= 0.6 is 0 Å². The minimum atomic E-state index is -1.81. The number of carbonyl (C=O) groups is 3. The van der Waals surface area contributed by atoms with Gasteiger partial charge in [-0.05, 0) is 24.5 Å². The maximum absolute atomic E-state index is 15.1. The predicted molar refractivity (Wildman–Crippen MR) is 99.2 cm³/mol. The first-order valence-corrected chi connectivity index (χ1v) is 9.61. The second-order valence-corrected chi connectivity index (χ2v) is 8.31. The summed E-state index contributed by atoms with van der Waals surface area (Å²) in [6, 6.07) is 0.843. The Balaban J connectivity index is 2.01. The summed E-state index contributed by atoms with van der Waals surface area (Å²) in [4.78, 5) is 39.4. The van der Waals surface area contributed by atoms with Crippen molar-refractivity contribution in [2.75, 3.05) is 11.4 Å². The lowest BCUT2D eigenvalue weighted by atomic mass is 9.65. The van der Waals surface area contributed by atoms with Gasteiger partial charge < -0.3 is 9.64 Å². The van der Waals surface area contributed by atoms with Crippen LogP contribution in [0, 0.1) is 34.3 Å². The van der Waals surface area contributed by atoms with Crippen LogP contribution in [0.1, 0.15) is 31.9 Å². The Bertz CT molecular complexity index is 999. The van der Waals surface area contributed by atoms with E-state index in [1.54, 1.807) is 13.0 Å². The molecule has 0 saturated carbocycles. The molecule has 3 aliphatic heterocycles. The van der Waals surface area contributed by atoms with Crippen molar-refractivity contribution in [2.45, 2.75) is 45.4 Å². The predicted octanol–water partition coefficient (Wildman–Crippen LogP) is 1.36. The lowest BCUT2D eigenvalue weighted by Crippen LogP contribution is -2.76. The number of anilines is 1. The number of amides is 4. The van der Waals surface area contributed by atoms with Crippen LogP contribution in [0.5, 0.6) is 0 Å². The first kappa shape index (κ1) is 20.2. The van der Waals surface area contributed by atoms with Crippen LogP contribution in [-0.4, -0.2) is 42.6 Å². The van der Waals surface area contributed by atoms with Crippen molar-refractivity contribution in [3.05, 3.63) is 28.8 Å². The number of imide groups is 2. The smallest absolute Gasteiger partial charge is 0.328 e. The summed E-state index contributed by atoms with van der Waals surface area (Å²) in [7, 11) is 0. The number of benzene rings is 1. The zero-order chi connectivity index (χ0) is 22.0. The third-order valence-electron chi connectivity index (χ3n) is 6.05. The molecule has 1 aromatic carbocycles. The van der Waals surface area contributed by atoms with E-state index in [0.29, 0.717) is 0 Å². The molecule has 3 aliphatic rings. The Hall–Kier alpha value is -3.06. The van der Waals surface area contributed by atoms with Gasteiger partial charge in [0.15, 0.2) is 17.0 Å². The largest absolute Gasteiger partial charge is 0.371 e. The van der Waals surface area contributed by atoms with E-state index in [9.17, 15) is 24.0 Å². The van der Waals surface area contributed by atoms with Crippen LogP contribution in [0.15, 0.2) is 6.07 Å². The molecule has 0 bridgehead atoms. The quantitative estimate of drug-likeness (QED) is 0.667. The monoisotopic (exact) mass is 418 g/mol. The zero-order valence-corrected chi connectivity index (χ0v) is 16.6. The number of ether oxygens (including phenoxy) is 1. The number of barbiturate groups is 1. The molecule has 2 fully saturated rings. The number of nitrogens with one attached hydrogen (secondary N) is 2. The molecule has 8 nitrogen and oxygen atoms in total. The molecule has 0 aromatic heterocycles. The van der Waals surface area contributed by atoms with E-state index in [0.717, 1.165) is 6.07 Å². The highest BCUT2D eigenvalue weighted by Crippen LogP contribution is 2.49. The van der Waals surface area contributed by atoms with Crippen LogP contribution < -0.4 is 15.5 Å². The fourth-order valence-electron chi connectivity index (χ4n) is 4.85. The molecule has 158 valence electrons. The van der Waals surface area contributed by atoms with Gasteiger partial charge >= 0.3 is 6.03 Å². The van der Waals surface area contributed by atoms with Crippen molar-refractivity contribution >= 4 is 23.5 Å². The topological polar surface area (TPSA) is 112 Å². The highest BCUT2D eigenvalue weighted by molar-refractivity contribution is 6.20. The van der Waals surface area contributed by atoms with Crippen molar-refractivity contribution in [1.29, 1.82) is 5.26 Å². The molecular weight excluding hydrogens is 398 g/mol. The van der Waals surface area contributed by atoms with Gasteiger partial charge in [0.25, 0.3) is 0 Å². The molecular formula is C20H20F2N4O4. The number of nitrogens with zero attached hydrogens (tertiary/aromatic N) is 2. The number of urea groups is 1. The second-order valence-electron chi connectivity index (χ2n) is 8.31. The molecule has 2 saturated heterocycles. The Kier molecular flexibility index (Phi) is 4.54. The number of hydrogen-bond acceptors (Lipinski definition) is 6. The molecule has 2 N–H and O–H groups in total. The normalized spacial score (nSPS) is 27.3. The molecule has 1 aromatic rings. The van der Waals surface area contributed by atoms with Crippen LogP contribution in [-0.2, 0) is 20.7 Å². The highest BCUT2D eigenvalue weighted by Gasteiger charge is 2.64. The van der Waals surface area contributed by atoms with E-state index >= 15 is 4.39 Å². The minimum Gasteiger partial charge on any atom is -0.371 e. The Labute approximate surface area is 171 Å². The summed E-state index contributed by atoms with van der Waals surface area (Å²) < 4.78 is 35.6. The first-order valence-electron chi connectivity index (χ1n) is 9.61. The number of nitriles is 1. The van der Waals surface area contributed by atoms with Crippen molar-refractivity contribution < 1.29 is 27.9 Å². The van der Waals surface area contributed by atoms with Gasteiger partial charge in [0.2, 0.25) is 11.8 Å². The molecule has 4 rings (SSSR count). The van der Waals surface area contributed by atoms with Gasteiger partial charge in [0.05, 0.1) is 29.5 Å². The van der Waals surface area contributed by atoms with Gasteiger partial charge in [0, 0.05) is 13.0 Å². The summed E-state index contributed by atoms with van der Waals surface area (Å²) in [5, 5.41) is 13.4. The number of rotatable bonds is 1. The number of morpholine rings is 1. The summed E-state index contributed by atoms with van der Waals surface area (Å²) >= 11 is 0. The van der Waals surface area contributed by atoms with Gasteiger partial charge in [-0.15, -0.1) is 0 Å². The summed E-state index contributed by atoms with van der Waals surface area (Å²) in [5.74, 6) is -4.32. The highest BCUT2D eigenvalue weighted by atomic mass is 19.2. The lowest BCUT2D eigenvalue weighted by molar-refractivity contribution is -0.156. The summed E-state index contributed by atoms with van der Waals surface area (Å²) in [5.41, 5.74) is -2.26. The molecule has 0 aliphatic carbocycles. The van der Waals surface area contributed by atoms with E-state index in [1.165, 1.54) is 4.90 Å². The van der Waals surface area contributed by atoms with Crippen LogP contribution in [0.25, 0.3) is 0 Å². The minimum absolute atomic E-state index is 0.0829. The second kappa shape index (κ2) is 6.74. The van der Waals surface area contributed by atoms with Crippen LogP contribution in [0.4, 0.5) is 19.3 Å². The van der Waals surface area contributed by atoms with Crippen molar-refractivity contribution in [3.63, 3.8) is 0 Å². The standard InChI is InChI=1S/C20H20F2N4O4/c1-8(2)15-16-20(17(27)24-19(29)25-18(20)28)5-10-4-11(6-23)12(21)13(22)14(10)26(16)7-9(3)30-15/h4,8-9,15-16H,5,7H2,1-3H3,(H2,24,25,27,28,29)/t9-,15?,16-/m1/s1. The number of carbonyl (C=O) groups excluding carboxylic acids is 3. The average molecular weight is 418 g/mol. The Morgan fingerprint density at radius 3 is 2.43 bits per heavy atom. The van der Waals surface area contributed by atoms with Crippen LogP contribution in [0.3, 0.4) is 0 Å². The van der Waals surface area contributed by atoms with Crippen molar-refractivity contribution in [2.24, 2.45) is 11.3 Å². The fraction of sp³-hybridized carbons (Fsp3) is 0.500. The number of fused-ring (bicyclic) bond motifs is 4. The van der Waals surface area contributed by atoms with E-state index in [2.05, 4.69) is 10.6 Å². The number of halogens is 2. The third-order valence-corrected chi connectivity index (χ3v) is 6.05. The van der Waals surface area contributed by atoms with Crippen molar-refractivity contribution in [3.8, 4) is 6.07 Å². The zero-order valence-electron chi connectivity index (χ0n) is 16.6. The van der Waals surface area contributed by atoms with E-state index in [-0.39, 0.29) is 30.1 Å². The van der Waals surface area contributed by atoms with Crippen molar-refractivity contribution in [1.82, 2.24) is 10.6 Å². The first-order chi connectivity index (χ1) is 14.1. The fourth-order valence-corrected chi connectivity index (χ4v) is 4.85. The van der Waals surface area contributed by atoms with Gasteiger partial charge in [-0.25, -0.2) is 13.6 Å². The molecule has 4 amide bonds. The van der Waals surface area contributed by atoms with E-state index in [1.807, 2.05) is 13.8 Å². The van der Waals surface area contributed by atoms with Gasteiger partial charge in [-0.1, -0.05) is 13.8 Å². The molecule has 3 atom stereocenters. The summed E-state index contributed by atoms with van der Waals surface area (Å²) in [6.45, 7) is 5.53. The Morgan fingerprint density at radius 2 is 1.87 bits per heavy atom. The maximum atomic E-state index is 15.1. The molecule has 10 heteroatoms. The van der Waals surface area contributed by atoms with E-state index < -0.39 is 58.7 Å². The molecule has 0 radical (unpaired) electrons. The maximum Gasteiger partial charge on any atom is 0.328 e. The molecule has 3 heterocycles. The molecule has 1 spiro atoms. The lowest BCUT2D eigenvalue weighted by Gasteiger charge is -2.56. The molecule has 1 unspecified atom stereocenters. The van der Waals surface area contributed by atoms with Gasteiger partial charge in [-0.2, -0.15) is 5.26 Å². The SMILES string of the molecule is CC(C)C1O[C@H](C)CN2c3c(cc(C#N)c(F)c3F)CC3(C(=O)NC(=O)NC3=O)[C@@H]12.